The average molecular weight is 413 g/mol. The van der Waals surface area contributed by atoms with E-state index in [1.165, 1.54) is 11.3 Å². The quantitative estimate of drug-likeness (QED) is 0.777. The molecule has 1 fully saturated rings. The Hall–Kier alpha value is -2.74. The minimum atomic E-state index is -0.528. The molecule has 0 spiro atoms. The second kappa shape index (κ2) is 7.94. The number of aromatic nitrogens is 1. The van der Waals surface area contributed by atoms with Crippen LogP contribution in [0, 0.1) is 0 Å². The molecule has 0 saturated carbocycles. The fourth-order valence-corrected chi connectivity index (χ4v) is 5.09. The number of thiazole rings is 1. The van der Waals surface area contributed by atoms with Gasteiger partial charge in [0.05, 0.1) is 11.6 Å². The molecule has 8 heteroatoms. The zero-order valence-electron chi connectivity index (χ0n) is 16.4. The van der Waals surface area contributed by atoms with Crippen LogP contribution in [0.3, 0.4) is 0 Å². The van der Waals surface area contributed by atoms with Gasteiger partial charge in [-0.2, -0.15) is 0 Å². The third-order valence-electron chi connectivity index (χ3n) is 5.69. The number of piperazine rings is 1. The maximum absolute atomic E-state index is 13.2. The summed E-state index contributed by atoms with van der Waals surface area (Å²) in [5.74, 6) is -0.649. The van der Waals surface area contributed by atoms with E-state index < -0.39 is 5.91 Å². The van der Waals surface area contributed by atoms with Crippen molar-refractivity contribution in [1.82, 2.24) is 9.88 Å². The fraction of sp³-hybridized carbons (Fsp3) is 0.429. The lowest BCUT2D eigenvalue weighted by atomic mass is 9.89. The van der Waals surface area contributed by atoms with Gasteiger partial charge in [-0.15, -0.1) is 11.3 Å². The number of fused-ring (bicyclic) bond motifs is 1. The van der Waals surface area contributed by atoms with Crippen LogP contribution in [-0.4, -0.2) is 53.7 Å². The maximum atomic E-state index is 13.2. The highest BCUT2D eigenvalue weighted by Crippen LogP contribution is 2.36. The zero-order valence-corrected chi connectivity index (χ0v) is 17.2. The van der Waals surface area contributed by atoms with E-state index in [0.717, 1.165) is 48.6 Å². The third kappa shape index (κ3) is 3.89. The number of rotatable bonds is 4. The number of ketones is 1. The van der Waals surface area contributed by atoms with Gasteiger partial charge in [-0.1, -0.05) is 0 Å². The molecule has 4 rings (SSSR count). The van der Waals surface area contributed by atoms with E-state index in [9.17, 15) is 14.4 Å². The first-order valence-corrected chi connectivity index (χ1v) is 10.7. The number of hydrogen-bond donors (Lipinski definition) is 1. The predicted octanol–water partition coefficient (Wildman–Crippen LogP) is 2.21. The topological polar surface area (TPSA) is 96.6 Å². The Balaban J connectivity index is 1.42. The van der Waals surface area contributed by atoms with Gasteiger partial charge in [0, 0.05) is 42.3 Å². The number of aryl methyl sites for hydroxylation is 1. The molecule has 2 heterocycles. The van der Waals surface area contributed by atoms with Crippen LogP contribution in [0.25, 0.3) is 0 Å². The van der Waals surface area contributed by atoms with Gasteiger partial charge >= 0.3 is 0 Å². The van der Waals surface area contributed by atoms with Gasteiger partial charge in [0.1, 0.15) is 0 Å². The molecular formula is C21H24N4O3S. The SMILES string of the molecule is CC(=O)c1ccc(N2CCN(C(=O)C3CCCc4sc(C(N)=O)nc43)CC2)cc1. The summed E-state index contributed by atoms with van der Waals surface area (Å²) in [4.78, 5) is 45.6. The van der Waals surface area contributed by atoms with Crippen molar-refractivity contribution in [1.29, 1.82) is 0 Å². The number of amides is 2. The molecule has 1 atom stereocenters. The number of carbonyl (C=O) groups is 3. The Bertz CT molecular complexity index is 945. The molecule has 29 heavy (non-hydrogen) atoms. The Morgan fingerprint density at radius 2 is 1.79 bits per heavy atom. The van der Waals surface area contributed by atoms with Crippen LogP contribution in [-0.2, 0) is 11.2 Å². The van der Waals surface area contributed by atoms with E-state index in [0.29, 0.717) is 23.7 Å². The van der Waals surface area contributed by atoms with Crippen molar-refractivity contribution in [3.8, 4) is 0 Å². The molecule has 0 radical (unpaired) electrons. The third-order valence-corrected chi connectivity index (χ3v) is 6.84. The first kappa shape index (κ1) is 19.6. The van der Waals surface area contributed by atoms with Crippen molar-refractivity contribution in [2.24, 2.45) is 5.73 Å². The summed E-state index contributed by atoms with van der Waals surface area (Å²) in [7, 11) is 0. The molecule has 7 nitrogen and oxygen atoms in total. The van der Waals surface area contributed by atoms with Crippen molar-refractivity contribution >= 4 is 34.6 Å². The van der Waals surface area contributed by atoms with Crippen LogP contribution >= 0.6 is 11.3 Å². The number of nitrogens with two attached hydrogens (primary N) is 1. The van der Waals surface area contributed by atoms with Crippen molar-refractivity contribution in [2.45, 2.75) is 32.1 Å². The summed E-state index contributed by atoms with van der Waals surface area (Å²) in [5.41, 5.74) is 7.89. The highest BCUT2D eigenvalue weighted by molar-refractivity contribution is 7.13. The van der Waals surface area contributed by atoms with E-state index in [1.54, 1.807) is 6.92 Å². The standard InChI is InChI=1S/C21H24N4O3S/c1-13(26)14-5-7-15(8-6-14)24-9-11-25(12-10-24)21(28)16-3-2-4-17-18(16)23-20(29-17)19(22)27/h5-8,16H,2-4,9-12H2,1H3,(H2,22,27). The number of carbonyl (C=O) groups excluding carboxylic acids is 3. The van der Waals surface area contributed by atoms with Gasteiger partial charge in [-0.25, -0.2) is 4.98 Å². The van der Waals surface area contributed by atoms with Gasteiger partial charge < -0.3 is 15.5 Å². The first-order chi connectivity index (χ1) is 13.9. The Kier molecular flexibility index (Phi) is 5.36. The summed E-state index contributed by atoms with van der Waals surface area (Å²) >= 11 is 1.32. The highest BCUT2D eigenvalue weighted by atomic mass is 32.1. The van der Waals surface area contributed by atoms with Crippen LogP contribution in [0.1, 0.15) is 56.4 Å². The van der Waals surface area contributed by atoms with E-state index in [-0.39, 0.29) is 17.6 Å². The molecule has 1 unspecified atom stereocenters. The molecule has 1 aromatic carbocycles. The number of primary amides is 1. The second-order valence-electron chi connectivity index (χ2n) is 7.55. The predicted molar refractivity (Wildman–Crippen MR) is 112 cm³/mol. The zero-order chi connectivity index (χ0) is 20.5. The van der Waals surface area contributed by atoms with Crippen LogP contribution in [0.5, 0.6) is 0 Å². The van der Waals surface area contributed by atoms with Crippen molar-refractivity contribution in [3.05, 3.63) is 45.4 Å². The molecule has 152 valence electrons. The number of nitrogens with zero attached hydrogens (tertiary/aromatic N) is 3. The van der Waals surface area contributed by atoms with Gasteiger partial charge in [0.25, 0.3) is 5.91 Å². The molecule has 2 aromatic rings. The molecule has 1 aliphatic carbocycles. The average Bonchev–Trinajstić information content (AvgIpc) is 3.18. The lowest BCUT2D eigenvalue weighted by Gasteiger charge is -2.38. The van der Waals surface area contributed by atoms with Crippen LogP contribution < -0.4 is 10.6 Å². The van der Waals surface area contributed by atoms with Crippen molar-refractivity contribution in [3.63, 3.8) is 0 Å². The number of hydrogen-bond acceptors (Lipinski definition) is 6. The van der Waals surface area contributed by atoms with Gasteiger partial charge in [0.2, 0.25) is 5.91 Å². The monoisotopic (exact) mass is 412 g/mol. The number of benzene rings is 1. The van der Waals surface area contributed by atoms with E-state index in [1.807, 2.05) is 29.2 Å². The fourth-order valence-electron chi connectivity index (χ4n) is 4.08. The summed E-state index contributed by atoms with van der Waals surface area (Å²) < 4.78 is 0. The minimum absolute atomic E-state index is 0.0559. The van der Waals surface area contributed by atoms with Crippen molar-refractivity contribution < 1.29 is 14.4 Å². The van der Waals surface area contributed by atoms with Gasteiger partial charge in [0.15, 0.2) is 10.8 Å². The van der Waals surface area contributed by atoms with Gasteiger partial charge in [-0.05, 0) is 50.5 Å². The molecular weight excluding hydrogens is 388 g/mol. The van der Waals surface area contributed by atoms with Crippen LogP contribution in [0.15, 0.2) is 24.3 Å². The van der Waals surface area contributed by atoms with E-state index in [4.69, 9.17) is 5.73 Å². The number of anilines is 1. The Morgan fingerprint density at radius 1 is 1.10 bits per heavy atom. The Morgan fingerprint density at radius 3 is 2.41 bits per heavy atom. The van der Waals surface area contributed by atoms with Gasteiger partial charge in [-0.3, -0.25) is 14.4 Å². The second-order valence-corrected chi connectivity index (χ2v) is 8.64. The van der Waals surface area contributed by atoms with Crippen molar-refractivity contribution in [2.75, 3.05) is 31.1 Å². The normalized spacial score (nSPS) is 19.0. The van der Waals surface area contributed by atoms with Crippen LogP contribution in [0.4, 0.5) is 5.69 Å². The summed E-state index contributed by atoms with van der Waals surface area (Å²) in [6.07, 6.45) is 2.54. The Labute approximate surface area is 173 Å². The smallest absolute Gasteiger partial charge is 0.277 e. The molecule has 1 aliphatic heterocycles. The van der Waals surface area contributed by atoms with E-state index >= 15 is 0 Å². The minimum Gasteiger partial charge on any atom is -0.368 e. The summed E-state index contributed by atoms with van der Waals surface area (Å²) in [6, 6.07) is 7.61. The molecule has 2 N–H and O–H groups in total. The van der Waals surface area contributed by atoms with E-state index in [2.05, 4.69) is 9.88 Å². The molecule has 2 amide bonds. The lowest BCUT2D eigenvalue weighted by Crippen LogP contribution is -2.50. The van der Waals surface area contributed by atoms with Crippen LogP contribution in [0.2, 0.25) is 0 Å². The largest absolute Gasteiger partial charge is 0.368 e. The summed E-state index contributed by atoms with van der Waals surface area (Å²) in [5, 5.41) is 0.300. The maximum Gasteiger partial charge on any atom is 0.277 e. The molecule has 2 aliphatic rings. The summed E-state index contributed by atoms with van der Waals surface area (Å²) in [6.45, 7) is 4.34. The molecule has 1 aromatic heterocycles. The lowest BCUT2D eigenvalue weighted by molar-refractivity contribution is -0.133. The highest BCUT2D eigenvalue weighted by Gasteiger charge is 2.34. The molecule has 1 saturated heterocycles. The number of Topliss-reactive ketones (excluding diaryl/α,β-unsaturated/α-hetero) is 1. The molecule has 0 bridgehead atoms. The first-order valence-electron chi connectivity index (χ1n) is 9.88.